The van der Waals surface area contributed by atoms with Crippen LogP contribution in [0.15, 0.2) is 83.7 Å². The molecule has 0 radical (unpaired) electrons. The Labute approximate surface area is 137 Å². The largest absolute Gasteiger partial charge is 0.504 e. The molecular weight excluding hydrogens is 304 g/mol. The Morgan fingerprint density at radius 2 is 1.48 bits per heavy atom. The van der Waals surface area contributed by atoms with Gasteiger partial charge < -0.3 is 0 Å². The van der Waals surface area contributed by atoms with Crippen LogP contribution in [0, 0.1) is 0 Å². The minimum Gasteiger partial charge on any atom is -0.200 e. The molecule has 0 spiro atoms. The van der Waals surface area contributed by atoms with Gasteiger partial charge in [0.15, 0.2) is 0 Å². The molecule has 4 heteroatoms. The highest BCUT2D eigenvalue weighted by Crippen LogP contribution is 2.28. The van der Waals surface area contributed by atoms with E-state index in [1.54, 1.807) is 0 Å². The normalized spacial score (nSPS) is 10.8. The van der Waals surface area contributed by atoms with Crippen LogP contribution < -0.4 is 9.55 Å². The smallest absolute Gasteiger partial charge is 0.200 e. The first kappa shape index (κ1) is 13.8. The molecule has 0 saturated heterocycles. The van der Waals surface area contributed by atoms with E-state index in [9.17, 15) is 4.79 Å². The highest BCUT2D eigenvalue weighted by molar-refractivity contribution is 7.16. The number of benzene rings is 3. The quantitative estimate of drug-likeness (QED) is 0.529. The maximum absolute atomic E-state index is 12.5. The summed E-state index contributed by atoms with van der Waals surface area (Å²) in [5.74, 6) is 0. The van der Waals surface area contributed by atoms with Gasteiger partial charge >= 0.3 is 4.87 Å². The van der Waals surface area contributed by atoms with Crippen LogP contribution in [0.2, 0.25) is 0 Å². The highest BCUT2D eigenvalue weighted by Gasteiger charge is 2.17. The predicted molar refractivity (Wildman–Crippen MR) is 92.9 cm³/mol. The summed E-state index contributed by atoms with van der Waals surface area (Å²) in [5.41, 5.74) is 3.73. The standard InChI is InChI=1S/C19H13N2OS/c22-19-21(15-10-5-2-6-11-15)20-17-13-7-12-16(18(17)23-19)14-8-3-1-4-9-14/h1-13H/q+1. The first-order valence-corrected chi connectivity index (χ1v) is 8.12. The molecule has 0 unspecified atom stereocenters. The first-order valence-electron chi connectivity index (χ1n) is 7.30. The molecule has 0 aliphatic rings. The van der Waals surface area contributed by atoms with Crippen LogP contribution in [0.4, 0.5) is 0 Å². The van der Waals surface area contributed by atoms with Gasteiger partial charge in [-0.2, -0.15) is 0 Å². The van der Waals surface area contributed by atoms with Gasteiger partial charge in [0, 0.05) is 27.5 Å². The number of para-hydroxylation sites is 1. The maximum atomic E-state index is 12.5. The Kier molecular flexibility index (Phi) is 3.44. The number of aromatic nitrogens is 2. The van der Waals surface area contributed by atoms with E-state index < -0.39 is 0 Å². The van der Waals surface area contributed by atoms with Gasteiger partial charge in [-0.05, 0) is 23.0 Å². The second-order valence-electron chi connectivity index (χ2n) is 5.14. The molecule has 0 saturated carbocycles. The second kappa shape index (κ2) is 5.74. The van der Waals surface area contributed by atoms with Crippen LogP contribution in [0.25, 0.3) is 27.0 Å². The van der Waals surface area contributed by atoms with Gasteiger partial charge in [-0.25, -0.2) is 4.79 Å². The molecule has 4 aromatic rings. The number of hydrogen-bond acceptors (Lipinski definition) is 3. The summed E-state index contributed by atoms with van der Waals surface area (Å²) in [6, 6.07) is 25.5. The number of nitrogens with zero attached hydrogens (tertiary/aromatic N) is 2. The van der Waals surface area contributed by atoms with Crippen molar-refractivity contribution in [1.82, 2.24) is 5.10 Å². The fraction of sp³-hybridized carbons (Fsp3) is 0. The lowest BCUT2D eigenvalue weighted by atomic mass is 10.1. The van der Waals surface area contributed by atoms with E-state index in [-0.39, 0.29) is 4.87 Å². The molecular formula is C19H13N2OS+. The molecule has 0 bridgehead atoms. The molecule has 0 N–H and O–H groups in total. The van der Waals surface area contributed by atoms with E-state index in [0.717, 1.165) is 27.0 Å². The summed E-state index contributed by atoms with van der Waals surface area (Å²) in [6.45, 7) is 0. The third-order valence-corrected chi connectivity index (χ3v) is 4.63. The van der Waals surface area contributed by atoms with Gasteiger partial charge in [0.2, 0.25) is 5.69 Å². The fourth-order valence-electron chi connectivity index (χ4n) is 2.57. The van der Waals surface area contributed by atoms with E-state index in [1.165, 1.54) is 16.0 Å². The third-order valence-electron chi connectivity index (χ3n) is 3.65. The Morgan fingerprint density at radius 3 is 2.22 bits per heavy atom. The van der Waals surface area contributed by atoms with Crippen molar-refractivity contribution in [2.45, 2.75) is 0 Å². The lowest BCUT2D eigenvalue weighted by Gasteiger charge is -2.03. The molecule has 0 amide bonds. The van der Waals surface area contributed by atoms with Crippen LogP contribution in [-0.4, -0.2) is 5.10 Å². The van der Waals surface area contributed by atoms with Crippen molar-refractivity contribution in [2.24, 2.45) is 0 Å². The molecule has 3 aromatic carbocycles. The van der Waals surface area contributed by atoms with E-state index in [0.29, 0.717) is 0 Å². The Hall–Kier alpha value is -2.85. The zero-order valence-electron chi connectivity index (χ0n) is 12.2. The molecule has 0 atom stereocenters. The van der Waals surface area contributed by atoms with Gasteiger partial charge in [-0.3, -0.25) is 0 Å². The fourth-order valence-corrected chi connectivity index (χ4v) is 3.48. The summed E-state index contributed by atoms with van der Waals surface area (Å²) in [5, 5.41) is 4.55. The molecule has 110 valence electrons. The number of fused-ring (bicyclic) bond motifs is 1. The third kappa shape index (κ3) is 2.53. The van der Waals surface area contributed by atoms with Crippen LogP contribution in [0.5, 0.6) is 0 Å². The average molecular weight is 317 g/mol. The van der Waals surface area contributed by atoms with Gasteiger partial charge in [-0.1, -0.05) is 60.7 Å². The molecule has 4 rings (SSSR count). The van der Waals surface area contributed by atoms with Gasteiger partial charge in [0.05, 0.1) is 4.70 Å². The molecule has 0 fully saturated rings. The van der Waals surface area contributed by atoms with Crippen molar-refractivity contribution < 1.29 is 4.68 Å². The molecule has 3 nitrogen and oxygen atoms in total. The van der Waals surface area contributed by atoms with E-state index >= 15 is 0 Å². The van der Waals surface area contributed by atoms with E-state index in [1.807, 2.05) is 78.9 Å². The average Bonchev–Trinajstić information content (AvgIpc) is 2.62. The topological polar surface area (TPSA) is 33.8 Å². The number of rotatable bonds is 2. The summed E-state index contributed by atoms with van der Waals surface area (Å²) in [4.78, 5) is 12.4. The van der Waals surface area contributed by atoms with Crippen LogP contribution in [0.3, 0.4) is 0 Å². The Bertz CT molecular complexity index is 1030. The minimum atomic E-state index is -0.0907. The van der Waals surface area contributed by atoms with Crippen LogP contribution in [0.1, 0.15) is 0 Å². The Balaban J connectivity index is 1.98. The van der Waals surface area contributed by atoms with Crippen LogP contribution >= 0.6 is 11.3 Å². The number of hydrogen-bond donors (Lipinski definition) is 0. The molecule has 0 aliphatic heterocycles. The van der Waals surface area contributed by atoms with Crippen molar-refractivity contribution in [3.8, 4) is 16.8 Å². The zero-order valence-corrected chi connectivity index (χ0v) is 13.0. The minimum absolute atomic E-state index is 0.0907. The van der Waals surface area contributed by atoms with Crippen molar-refractivity contribution in [3.63, 3.8) is 0 Å². The first-order chi connectivity index (χ1) is 11.3. The molecule has 23 heavy (non-hydrogen) atoms. The highest BCUT2D eigenvalue weighted by atomic mass is 32.1. The monoisotopic (exact) mass is 317 g/mol. The Morgan fingerprint density at radius 1 is 0.783 bits per heavy atom. The lowest BCUT2D eigenvalue weighted by molar-refractivity contribution is -0.667. The second-order valence-corrected chi connectivity index (χ2v) is 6.10. The van der Waals surface area contributed by atoms with Crippen molar-refractivity contribution in [2.75, 3.05) is 0 Å². The summed E-state index contributed by atoms with van der Waals surface area (Å²) in [7, 11) is 0. The van der Waals surface area contributed by atoms with Crippen molar-refractivity contribution in [3.05, 3.63) is 88.5 Å². The van der Waals surface area contributed by atoms with E-state index in [4.69, 9.17) is 0 Å². The van der Waals surface area contributed by atoms with Gasteiger partial charge in [-0.15, -0.1) is 0 Å². The summed E-state index contributed by atoms with van der Waals surface area (Å²) < 4.78 is 2.37. The van der Waals surface area contributed by atoms with Crippen molar-refractivity contribution >= 4 is 21.6 Å². The van der Waals surface area contributed by atoms with Gasteiger partial charge in [0.1, 0.15) is 5.52 Å². The molecule has 1 heterocycles. The van der Waals surface area contributed by atoms with Gasteiger partial charge in [0.25, 0.3) is 0 Å². The van der Waals surface area contributed by atoms with Crippen molar-refractivity contribution in [1.29, 1.82) is 0 Å². The van der Waals surface area contributed by atoms with E-state index in [2.05, 4.69) is 5.10 Å². The maximum Gasteiger partial charge on any atom is 0.504 e. The molecule has 0 aliphatic carbocycles. The zero-order chi connectivity index (χ0) is 15.6. The predicted octanol–water partition coefficient (Wildman–Crippen LogP) is 3.60. The SMILES string of the molecule is O=c1sc2c(-c3ccccc3)cccc2n[n+]1-c1ccccc1. The molecule has 1 aromatic heterocycles. The van der Waals surface area contributed by atoms with Crippen LogP contribution in [-0.2, 0) is 0 Å². The summed E-state index contributed by atoms with van der Waals surface area (Å²) >= 11 is 1.23. The summed E-state index contributed by atoms with van der Waals surface area (Å²) in [6.07, 6.45) is 0. The lowest BCUT2D eigenvalue weighted by Crippen LogP contribution is -2.49.